The van der Waals surface area contributed by atoms with Crippen LogP contribution in [-0.2, 0) is 0 Å². The molecule has 0 spiro atoms. The van der Waals surface area contributed by atoms with E-state index in [-0.39, 0.29) is 36.0 Å². The Bertz CT molecular complexity index is 1140. The molecule has 4 N–H and O–H groups in total. The maximum atomic E-state index is 13.2. The van der Waals surface area contributed by atoms with Crippen LogP contribution in [-0.4, -0.2) is 87.8 Å². The van der Waals surface area contributed by atoms with E-state index in [0.29, 0.717) is 25.2 Å². The second-order valence-corrected chi connectivity index (χ2v) is 8.33. The van der Waals surface area contributed by atoms with Gasteiger partial charge >= 0.3 is 12.2 Å². The molecular formula is C21H24F3N7O5. The molecule has 4 rings (SSSR count). The summed E-state index contributed by atoms with van der Waals surface area (Å²) in [5, 5.41) is 22.7. The smallest absolute Gasteiger partial charge is 0.408 e. The molecule has 2 aromatic rings. The van der Waals surface area contributed by atoms with Gasteiger partial charge in [0.15, 0.2) is 5.82 Å². The lowest BCUT2D eigenvalue weighted by Gasteiger charge is -2.35. The Hall–Kier alpha value is -3.72. The van der Waals surface area contributed by atoms with Crippen molar-refractivity contribution < 1.29 is 37.7 Å². The summed E-state index contributed by atoms with van der Waals surface area (Å²) in [5.74, 6) is -0.943. The maximum Gasteiger partial charge on any atom is 0.408 e. The number of urea groups is 1. The van der Waals surface area contributed by atoms with E-state index in [9.17, 15) is 27.9 Å². The van der Waals surface area contributed by atoms with Gasteiger partial charge in [-0.25, -0.2) is 14.8 Å². The molecule has 194 valence electrons. The molecule has 36 heavy (non-hydrogen) atoms. The molecule has 1 saturated heterocycles. The molecule has 1 fully saturated rings. The Kier molecular flexibility index (Phi) is 7.12. The second-order valence-electron chi connectivity index (χ2n) is 8.33. The fourth-order valence-corrected chi connectivity index (χ4v) is 3.82. The standard InChI is InChI=1S/C21H24F3N7O5/c1-11(21(22,23)24)26-18(34)14-2-3-15-17(27-14)31(12-5-7-30(15)8-12)20(35)29-19-25-6-4-16(28-19)36-10-13(33)9-32/h2-4,6,11-13,32-33H,5,7-10H2,1H3,(H,26,34)(H,25,28,29,35)/t11?,12-,13?/m0/s1. The number of alkyl halides is 3. The summed E-state index contributed by atoms with van der Waals surface area (Å²) in [4.78, 5) is 41.3. The van der Waals surface area contributed by atoms with Gasteiger partial charge in [0, 0.05) is 25.4 Å². The lowest BCUT2D eigenvalue weighted by atomic mass is 10.1. The van der Waals surface area contributed by atoms with Gasteiger partial charge < -0.3 is 25.2 Å². The van der Waals surface area contributed by atoms with E-state index in [2.05, 4.69) is 20.3 Å². The first kappa shape index (κ1) is 25.4. The number of aliphatic hydroxyl groups is 2. The third-order valence-corrected chi connectivity index (χ3v) is 5.73. The number of hydrogen-bond donors (Lipinski definition) is 4. The first-order chi connectivity index (χ1) is 17.1. The minimum absolute atomic E-state index is 0.0507. The van der Waals surface area contributed by atoms with Crippen LogP contribution in [0.15, 0.2) is 24.4 Å². The first-order valence-electron chi connectivity index (χ1n) is 11.1. The van der Waals surface area contributed by atoms with E-state index in [0.717, 1.165) is 6.92 Å². The molecule has 4 heterocycles. The minimum atomic E-state index is -4.62. The van der Waals surface area contributed by atoms with Crippen LogP contribution < -0.4 is 25.2 Å². The highest BCUT2D eigenvalue weighted by atomic mass is 19.4. The molecule has 0 radical (unpaired) electrons. The van der Waals surface area contributed by atoms with Crippen molar-refractivity contribution >= 4 is 29.4 Å². The average molecular weight is 511 g/mol. The van der Waals surface area contributed by atoms with Crippen LogP contribution in [0, 0.1) is 0 Å². The fourth-order valence-electron chi connectivity index (χ4n) is 3.82. The predicted molar refractivity (Wildman–Crippen MR) is 120 cm³/mol. The first-order valence-corrected chi connectivity index (χ1v) is 11.1. The summed E-state index contributed by atoms with van der Waals surface area (Å²) < 4.78 is 43.9. The number of carbonyl (C=O) groups excluding carboxylic acids is 2. The lowest BCUT2D eigenvalue weighted by Crippen LogP contribution is -2.49. The molecule has 2 aliphatic rings. The zero-order chi connectivity index (χ0) is 26.0. The summed E-state index contributed by atoms with van der Waals surface area (Å²) in [6.07, 6.45) is -3.79. The number of fused-ring (bicyclic) bond motifs is 4. The Labute approximate surface area is 203 Å². The SMILES string of the molecule is CC(NC(=O)c1ccc2c(n1)N(C(=O)Nc1nccc(OCC(O)CO)n1)[C@H]1CCN2C1)C(F)(F)F. The molecule has 0 saturated carbocycles. The number of nitrogens with one attached hydrogen (secondary N) is 2. The quantitative estimate of drug-likeness (QED) is 0.425. The molecule has 15 heteroatoms. The molecule has 0 aliphatic carbocycles. The third-order valence-electron chi connectivity index (χ3n) is 5.73. The van der Waals surface area contributed by atoms with Crippen LogP contribution >= 0.6 is 0 Å². The monoisotopic (exact) mass is 511 g/mol. The normalized spacial score (nSPS) is 18.3. The molecule has 2 aromatic heterocycles. The molecule has 3 atom stereocenters. The number of aliphatic hydroxyl groups excluding tert-OH is 2. The van der Waals surface area contributed by atoms with E-state index in [4.69, 9.17) is 9.84 Å². The number of nitrogens with zero attached hydrogens (tertiary/aromatic N) is 5. The predicted octanol–water partition coefficient (Wildman–Crippen LogP) is 0.915. The number of aromatic nitrogens is 3. The van der Waals surface area contributed by atoms with Gasteiger partial charge in [0.1, 0.15) is 24.4 Å². The number of amides is 3. The summed E-state index contributed by atoms with van der Waals surface area (Å²) >= 11 is 0. The molecule has 12 nitrogen and oxygen atoms in total. The second kappa shape index (κ2) is 10.1. The van der Waals surface area contributed by atoms with E-state index in [1.807, 2.05) is 10.2 Å². The molecule has 2 aliphatic heterocycles. The maximum absolute atomic E-state index is 13.2. The third kappa shape index (κ3) is 5.41. The summed E-state index contributed by atoms with van der Waals surface area (Å²) in [5.41, 5.74) is 0.301. The van der Waals surface area contributed by atoms with E-state index in [1.54, 1.807) is 6.07 Å². The Morgan fingerprint density at radius 2 is 2.06 bits per heavy atom. The Morgan fingerprint density at radius 1 is 1.28 bits per heavy atom. The molecule has 0 aromatic carbocycles. The summed E-state index contributed by atoms with van der Waals surface area (Å²) in [6, 6.07) is 1.25. The van der Waals surface area contributed by atoms with E-state index in [1.165, 1.54) is 23.2 Å². The minimum Gasteiger partial charge on any atom is -0.475 e. The Morgan fingerprint density at radius 3 is 2.78 bits per heavy atom. The number of carbonyl (C=O) groups is 2. The van der Waals surface area contributed by atoms with Crippen molar-refractivity contribution in [3.63, 3.8) is 0 Å². The van der Waals surface area contributed by atoms with Gasteiger partial charge in [0.05, 0.1) is 18.3 Å². The largest absolute Gasteiger partial charge is 0.475 e. The number of anilines is 3. The van der Waals surface area contributed by atoms with Gasteiger partial charge in [0.2, 0.25) is 11.8 Å². The van der Waals surface area contributed by atoms with Crippen LogP contribution in [0.3, 0.4) is 0 Å². The summed E-state index contributed by atoms with van der Waals surface area (Å²) in [6.45, 7) is 1.25. The van der Waals surface area contributed by atoms with Gasteiger partial charge in [0.25, 0.3) is 5.91 Å². The average Bonchev–Trinajstić information content (AvgIpc) is 3.25. The van der Waals surface area contributed by atoms with Gasteiger partial charge in [-0.2, -0.15) is 18.2 Å². The highest BCUT2D eigenvalue weighted by Gasteiger charge is 2.41. The highest BCUT2D eigenvalue weighted by Crippen LogP contribution is 2.39. The summed E-state index contributed by atoms with van der Waals surface area (Å²) in [7, 11) is 0. The number of ether oxygens (including phenoxy) is 1. The molecule has 2 unspecified atom stereocenters. The fraction of sp³-hybridized carbons (Fsp3) is 0.476. The zero-order valence-corrected chi connectivity index (χ0v) is 19.1. The van der Waals surface area contributed by atoms with Crippen molar-refractivity contribution in [1.82, 2.24) is 20.3 Å². The van der Waals surface area contributed by atoms with Crippen molar-refractivity contribution in [2.24, 2.45) is 0 Å². The highest BCUT2D eigenvalue weighted by molar-refractivity contribution is 6.04. The van der Waals surface area contributed by atoms with Crippen LogP contribution in [0.25, 0.3) is 0 Å². The number of hydrogen-bond acceptors (Lipinski definition) is 9. The van der Waals surface area contributed by atoms with Crippen LogP contribution in [0.5, 0.6) is 5.88 Å². The molecule has 3 amide bonds. The molecule has 2 bridgehead atoms. The van der Waals surface area contributed by atoms with Gasteiger partial charge in [-0.1, -0.05) is 0 Å². The topological polar surface area (TPSA) is 153 Å². The van der Waals surface area contributed by atoms with E-state index < -0.39 is 36.9 Å². The van der Waals surface area contributed by atoms with Crippen molar-refractivity contribution in [2.75, 3.05) is 41.4 Å². The van der Waals surface area contributed by atoms with Crippen molar-refractivity contribution in [2.45, 2.75) is 37.7 Å². The van der Waals surface area contributed by atoms with Crippen molar-refractivity contribution in [1.29, 1.82) is 0 Å². The number of halogens is 3. The van der Waals surface area contributed by atoms with Crippen LogP contribution in [0.1, 0.15) is 23.8 Å². The molecular weight excluding hydrogens is 487 g/mol. The van der Waals surface area contributed by atoms with Gasteiger partial charge in [-0.15, -0.1) is 0 Å². The number of rotatable bonds is 7. The lowest BCUT2D eigenvalue weighted by molar-refractivity contribution is -0.149. The van der Waals surface area contributed by atoms with Crippen molar-refractivity contribution in [3.8, 4) is 5.88 Å². The van der Waals surface area contributed by atoms with Crippen LogP contribution in [0.4, 0.5) is 35.4 Å². The van der Waals surface area contributed by atoms with Crippen molar-refractivity contribution in [3.05, 3.63) is 30.1 Å². The van der Waals surface area contributed by atoms with E-state index >= 15 is 0 Å². The van der Waals surface area contributed by atoms with Gasteiger partial charge in [-0.05, 0) is 25.5 Å². The zero-order valence-electron chi connectivity index (χ0n) is 19.1. The van der Waals surface area contributed by atoms with Crippen LogP contribution in [0.2, 0.25) is 0 Å². The van der Waals surface area contributed by atoms with Gasteiger partial charge in [-0.3, -0.25) is 15.0 Å². The number of pyridine rings is 1. The Balaban J connectivity index is 1.55.